The van der Waals surface area contributed by atoms with Crippen molar-refractivity contribution in [1.82, 2.24) is 0 Å². The van der Waals surface area contributed by atoms with E-state index in [-0.39, 0.29) is 0 Å². The second kappa shape index (κ2) is 11.3. The maximum atomic E-state index is 5.41. The first-order valence-electron chi connectivity index (χ1n) is 12.9. The zero-order valence-electron chi connectivity index (χ0n) is 22.1. The van der Waals surface area contributed by atoms with Gasteiger partial charge in [0.25, 0.3) is 0 Å². The summed E-state index contributed by atoms with van der Waals surface area (Å²) in [4.78, 5) is 0. The summed E-state index contributed by atoms with van der Waals surface area (Å²) in [6.07, 6.45) is 8.55. The Morgan fingerprint density at radius 2 is 0.900 bits per heavy atom. The smallest absolute Gasteiger partial charge is 0.119 e. The van der Waals surface area contributed by atoms with Crippen LogP contribution >= 0.6 is 31.9 Å². The van der Waals surface area contributed by atoms with Crippen LogP contribution in [0.25, 0.3) is 56.6 Å². The molecular weight excluding hydrogens is 624 g/mol. The number of fused-ring (bicyclic) bond motifs is 5. The van der Waals surface area contributed by atoms with Gasteiger partial charge in [0.15, 0.2) is 0 Å². The highest BCUT2D eigenvalue weighted by atomic mass is 79.9. The van der Waals surface area contributed by atoms with Crippen LogP contribution in [0.5, 0.6) is 11.5 Å². The van der Waals surface area contributed by atoms with E-state index >= 15 is 0 Å². The number of hydrogen-bond acceptors (Lipinski definition) is 2. The number of methoxy groups -OCH3 is 2. The lowest BCUT2D eigenvalue weighted by Gasteiger charge is -2.10. The maximum absolute atomic E-state index is 5.41. The van der Waals surface area contributed by atoms with E-state index < -0.39 is 0 Å². The topological polar surface area (TPSA) is 18.5 Å². The third kappa shape index (κ3) is 5.30. The summed E-state index contributed by atoms with van der Waals surface area (Å²) in [5.74, 6) is 1.67. The third-order valence-corrected chi connectivity index (χ3v) is 8.63. The molecule has 0 unspecified atom stereocenters. The minimum absolute atomic E-state index is 0.836. The van der Waals surface area contributed by atoms with E-state index in [1.165, 1.54) is 32.3 Å². The summed E-state index contributed by atoms with van der Waals surface area (Å²) in [6, 6.07) is 34.2. The van der Waals surface area contributed by atoms with Crippen molar-refractivity contribution in [3.63, 3.8) is 0 Å². The molecule has 0 saturated carbocycles. The predicted octanol–water partition coefficient (Wildman–Crippen LogP) is 11.0. The molecule has 6 aromatic rings. The number of ether oxygens (including phenoxy) is 2. The highest BCUT2D eigenvalue weighted by molar-refractivity contribution is 9.10. The van der Waals surface area contributed by atoms with Crippen molar-refractivity contribution in [2.75, 3.05) is 14.2 Å². The minimum Gasteiger partial charge on any atom is -0.497 e. The molecule has 0 radical (unpaired) electrons. The first-order chi connectivity index (χ1) is 19.5. The van der Waals surface area contributed by atoms with E-state index in [1.807, 2.05) is 36.4 Å². The van der Waals surface area contributed by atoms with Crippen molar-refractivity contribution in [3.05, 3.63) is 128 Å². The fraction of sp³-hybridized carbons (Fsp3) is 0.0556. The molecular formula is C36H26Br2O2. The summed E-state index contributed by atoms with van der Waals surface area (Å²) in [7, 11) is 3.38. The molecule has 0 aliphatic carbocycles. The predicted molar refractivity (Wildman–Crippen MR) is 178 cm³/mol. The zero-order chi connectivity index (χ0) is 27.6. The number of rotatable bonds is 6. The lowest BCUT2D eigenvalue weighted by molar-refractivity contribution is 0.414. The van der Waals surface area contributed by atoms with Crippen molar-refractivity contribution in [2.45, 2.75) is 0 Å². The Labute approximate surface area is 250 Å². The Bertz CT molecular complexity index is 1820. The normalized spacial score (nSPS) is 11.8. The Balaban J connectivity index is 1.45. The second-order valence-corrected chi connectivity index (χ2v) is 11.3. The molecule has 0 saturated heterocycles. The summed E-state index contributed by atoms with van der Waals surface area (Å²) in [5.41, 5.74) is 4.43. The van der Waals surface area contributed by atoms with Gasteiger partial charge in [0.1, 0.15) is 11.5 Å². The van der Waals surface area contributed by atoms with E-state index in [9.17, 15) is 0 Å². The van der Waals surface area contributed by atoms with Crippen LogP contribution in [0, 0.1) is 0 Å². The average Bonchev–Trinajstić information content (AvgIpc) is 2.99. The van der Waals surface area contributed by atoms with Gasteiger partial charge in [0, 0.05) is 8.95 Å². The van der Waals surface area contributed by atoms with Gasteiger partial charge in [0.2, 0.25) is 0 Å². The van der Waals surface area contributed by atoms with Gasteiger partial charge in [-0.15, -0.1) is 0 Å². The van der Waals surface area contributed by atoms with Crippen LogP contribution in [0.3, 0.4) is 0 Å². The van der Waals surface area contributed by atoms with Gasteiger partial charge in [-0.05, 0) is 103 Å². The Kier molecular flexibility index (Phi) is 7.46. The summed E-state index contributed by atoms with van der Waals surface area (Å²) in [5, 5.41) is 7.43. The summed E-state index contributed by atoms with van der Waals surface area (Å²) >= 11 is 7.31. The molecule has 0 fully saturated rings. The molecule has 0 aromatic heterocycles. The first kappa shape index (κ1) is 26.4. The van der Waals surface area contributed by atoms with Crippen LogP contribution in [0.4, 0.5) is 0 Å². The van der Waals surface area contributed by atoms with E-state index in [0.29, 0.717) is 0 Å². The molecule has 196 valence electrons. The number of hydrogen-bond donors (Lipinski definition) is 0. The summed E-state index contributed by atoms with van der Waals surface area (Å²) < 4.78 is 12.9. The van der Waals surface area contributed by atoms with E-state index in [0.717, 1.165) is 42.7 Å². The minimum atomic E-state index is 0.836. The van der Waals surface area contributed by atoms with Crippen LogP contribution in [0.15, 0.2) is 106 Å². The number of halogens is 2. The van der Waals surface area contributed by atoms with Crippen molar-refractivity contribution in [2.24, 2.45) is 0 Å². The molecule has 4 heteroatoms. The lowest BCUT2D eigenvalue weighted by atomic mass is 9.94. The van der Waals surface area contributed by atoms with Gasteiger partial charge in [-0.1, -0.05) is 105 Å². The first-order valence-corrected chi connectivity index (χ1v) is 14.5. The van der Waals surface area contributed by atoms with Gasteiger partial charge in [-0.25, -0.2) is 0 Å². The van der Waals surface area contributed by atoms with E-state index in [1.54, 1.807) is 14.2 Å². The van der Waals surface area contributed by atoms with Crippen LogP contribution in [-0.2, 0) is 0 Å². The molecule has 0 aliphatic rings. The monoisotopic (exact) mass is 648 g/mol. The molecule has 2 nitrogen and oxygen atoms in total. The van der Waals surface area contributed by atoms with Crippen molar-refractivity contribution in [1.29, 1.82) is 0 Å². The Morgan fingerprint density at radius 1 is 0.475 bits per heavy atom. The molecule has 0 atom stereocenters. The van der Waals surface area contributed by atoms with Crippen molar-refractivity contribution < 1.29 is 9.47 Å². The molecule has 0 heterocycles. The Hall–Kier alpha value is -3.86. The fourth-order valence-corrected chi connectivity index (χ4v) is 5.80. The molecule has 0 aliphatic heterocycles. The van der Waals surface area contributed by atoms with Gasteiger partial charge in [-0.3, -0.25) is 0 Å². The second-order valence-electron chi connectivity index (χ2n) is 9.63. The van der Waals surface area contributed by atoms with Crippen LogP contribution < -0.4 is 9.47 Å². The van der Waals surface area contributed by atoms with Gasteiger partial charge < -0.3 is 9.47 Å². The van der Waals surface area contributed by atoms with E-state index in [4.69, 9.17) is 9.47 Å². The number of benzene rings is 6. The average molecular weight is 650 g/mol. The van der Waals surface area contributed by atoms with Crippen LogP contribution in [-0.4, -0.2) is 14.2 Å². The maximum Gasteiger partial charge on any atom is 0.119 e. The highest BCUT2D eigenvalue weighted by Gasteiger charge is 2.08. The molecule has 0 amide bonds. The molecule has 0 spiro atoms. The quantitative estimate of drug-likeness (QED) is 0.132. The van der Waals surface area contributed by atoms with Gasteiger partial charge in [0.05, 0.1) is 14.2 Å². The largest absolute Gasteiger partial charge is 0.497 e. The lowest BCUT2D eigenvalue weighted by Crippen LogP contribution is -1.85. The van der Waals surface area contributed by atoms with E-state index in [2.05, 4.69) is 117 Å². The standard InChI is InChI=1S/C36H26Br2O2/c1-39-30-15-17-34(37)28(21-30)9-5-23-3-7-25-11-13-27-14-12-26-8-4-24(20-33(26)36(27)32(25)19-23)6-10-29-22-31(40-2)16-18-35(29)38/h3-22H,1-2H3/b9-5+,10-6+. The van der Waals surface area contributed by atoms with Crippen molar-refractivity contribution in [3.8, 4) is 11.5 Å². The highest BCUT2D eigenvalue weighted by Crippen LogP contribution is 2.34. The zero-order valence-corrected chi connectivity index (χ0v) is 25.3. The van der Waals surface area contributed by atoms with Crippen LogP contribution in [0.1, 0.15) is 22.3 Å². The molecule has 40 heavy (non-hydrogen) atoms. The van der Waals surface area contributed by atoms with Gasteiger partial charge >= 0.3 is 0 Å². The molecule has 0 N–H and O–H groups in total. The third-order valence-electron chi connectivity index (χ3n) is 7.18. The Morgan fingerprint density at radius 3 is 1.35 bits per heavy atom. The molecule has 0 bridgehead atoms. The van der Waals surface area contributed by atoms with Crippen molar-refractivity contribution >= 4 is 88.5 Å². The summed E-state index contributed by atoms with van der Waals surface area (Å²) in [6.45, 7) is 0. The molecule has 6 aromatic carbocycles. The SMILES string of the molecule is COc1ccc(Br)c(/C=C/c2ccc3ccc4ccc5ccc(/C=C/c6cc(OC)ccc6Br)cc5c4c3c2)c1. The van der Waals surface area contributed by atoms with Crippen LogP contribution in [0.2, 0.25) is 0 Å². The fourth-order valence-electron chi connectivity index (χ4n) is 5.04. The van der Waals surface area contributed by atoms with Gasteiger partial charge in [-0.2, -0.15) is 0 Å². The molecule has 6 rings (SSSR count).